The molecule has 0 saturated heterocycles. The van der Waals surface area contributed by atoms with Crippen LogP contribution in [0, 0.1) is 0 Å². The summed E-state index contributed by atoms with van der Waals surface area (Å²) in [6.45, 7) is 0. The molecule has 0 aliphatic rings. The lowest BCUT2D eigenvalue weighted by molar-refractivity contribution is 0.0690. The van der Waals surface area contributed by atoms with E-state index in [4.69, 9.17) is 16.7 Å². The summed E-state index contributed by atoms with van der Waals surface area (Å²) in [5, 5.41) is 9.96. The number of nitrogens with zero attached hydrogens (tertiary/aromatic N) is 2. The van der Waals surface area contributed by atoms with Crippen molar-refractivity contribution in [2.75, 3.05) is 0 Å². The lowest BCUT2D eigenvalue weighted by Crippen LogP contribution is -1.99. The van der Waals surface area contributed by atoms with Gasteiger partial charge in [0.25, 0.3) is 0 Å². The Morgan fingerprint density at radius 3 is 2.83 bits per heavy atom. The topological polar surface area (TPSA) is 63.1 Å². The zero-order chi connectivity index (χ0) is 13.1. The van der Waals surface area contributed by atoms with E-state index in [1.165, 1.54) is 24.0 Å². The van der Waals surface area contributed by atoms with E-state index in [2.05, 4.69) is 25.9 Å². The van der Waals surface area contributed by atoms with Crippen LogP contribution in [-0.2, 0) is 0 Å². The van der Waals surface area contributed by atoms with Crippen molar-refractivity contribution in [1.29, 1.82) is 0 Å². The second kappa shape index (κ2) is 5.69. The Kier molecular flexibility index (Phi) is 4.21. The van der Waals surface area contributed by atoms with E-state index in [0.29, 0.717) is 10.0 Å². The molecule has 0 atom stereocenters. The molecule has 0 saturated carbocycles. The molecule has 7 heteroatoms. The number of hydrogen-bond acceptors (Lipinski definition) is 4. The van der Waals surface area contributed by atoms with E-state index in [1.54, 1.807) is 18.3 Å². The van der Waals surface area contributed by atoms with Crippen molar-refractivity contribution >= 4 is 45.3 Å². The SMILES string of the molecule is O=C(O)c1cc(Sc2ncc(Br)cc2Cl)ccn1. The van der Waals surface area contributed by atoms with Crippen LogP contribution in [0.25, 0.3) is 0 Å². The van der Waals surface area contributed by atoms with Crippen molar-refractivity contribution in [3.8, 4) is 0 Å². The molecule has 0 spiro atoms. The van der Waals surface area contributed by atoms with Gasteiger partial charge in [-0.2, -0.15) is 0 Å². The summed E-state index contributed by atoms with van der Waals surface area (Å²) in [4.78, 5) is 19.4. The summed E-state index contributed by atoms with van der Waals surface area (Å²) in [5.41, 5.74) is -0.00626. The van der Waals surface area contributed by atoms with Crippen molar-refractivity contribution in [3.05, 3.63) is 45.8 Å². The maximum absolute atomic E-state index is 10.8. The Morgan fingerprint density at radius 1 is 1.39 bits per heavy atom. The lowest BCUT2D eigenvalue weighted by atomic mass is 10.3. The molecule has 0 aromatic carbocycles. The third kappa shape index (κ3) is 3.22. The van der Waals surface area contributed by atoms with Gasteiger partial charge in [-0.15, -0.1) is 0 Å². The van der Waals surface area contributed by atoms with Gasteiger partial charge >= 0.3 is 5.97 Å². The van der Waals surface area contributed by atoms with Crippen LogP contribution in [0.15, 0.2) is 45.0 Å². The van der Waals surface area contributed by atoms with Gasteiger partial charge in [-0.25, -0.2) is 14.8 Å². The highest BCUT2D eigenvalue weighted by molar-refractivity contribution is 9.10. The summed E-state index contributed by atoms with van der Waals surface area (Å²) in [6, 6.07) is 4.92. The molecule has 2 heterocycles. The molecular weight excluding hydrogens is 340 g/mol. The Labute approximate surface area is 121 Å². The van der Waals surface area contributed by atoms with Crippen molar-refractivity contribution in [2.45, 2.75) is 9.92 Å². The minimum absolute atomic E-state index is 0.00626. The smallest absolute Gasteiger partial charge is 0.354 e. The van der Waals surface area contributed by atoms with Gasteiger partial charge in [0, 0.05) is 21.8 Å². The Morgan fingerprint density at radius 2 is 2.17 bits per heavy atom. The fourth-order valence-electron chi connectivity index (χ4n) is 1.18. The maximum Gasteiger partial charge on any atom is 0.354 e. The lowest BCUT2D eigenvalue weighted by Gasteiger charge is -2.04. The van der Waals surface area contributed by atoms with Gasteiger partial charge in [0.1, 0.15) is 10.7 Å². The van der Waals surface area contributed by atoms with Gasteiger partial charge in [0.05, 0.1) is 5.02 Å². The summed E-state index contributed by atoms with van der Waals surface area (Å²) in [5.74, 6) is -1.06. The minimum atomic E-state index is -1.06. The molecule has 0 aliphatic heterocycles. The van der Waals surface area contributed by atoms with E-state index < -0.39 is 5.97 Å². The fourth-order valence-corrected chi connectivity index (χ4v) is 2.71. The first-order chi connectivity index (χ1) is 8.56. The molecule has 0 radical (unpaired) electrons. The molecule has 0 unspecified atom stereocenters. The molecule has 0 aliphatic carbocycles. The van der Waals surface area contributed by atoms with Crippen molar-refractivity contribution in [3.63, 3.8) is 0 Å². The second-order valence-electron chi connectivity index (χ2n) is 3.22. The maximum atomic E-state index is 10.8. The molecule has 0 amide bonds. The van der Waals surface area contributed by atoms with Crippen LogP contribution >= 0.6 is 39.3 Å². The second-order valence-corrected chi connectivity index (χ2v) is 5.61. The molecular formula is C11H6BrClN2O2S. The van der Waals surface area contributed by atoms with Crippen molar-refractivity contribution in [2.24, 2.45) is 0 Å². The summed E-state index contributed by atoms with van der Waals surface area (Å²) >= 11 is 10.6. The van der Waals surface area contributed by atoms with Crippen LogP contribution in [0.3, 0.4) is 0 Å². The quantitative estimate of drug-likeness (QED) is 0.918. The molecule has 92 valence electrons. The number of rotatable bonds is 3. The van der Waals surface area contributed by atoms with Crippen LogP contribution in [0.5, 0.6) is 0 Å². The monoisotopic (exact) mass is 344 g/mol. The van der Waals surface area contributed by atoms with Crippen molar-refractivity contribution in [1.82, 2.24) is 9.97 Å². The summed E-state index contributed by atoms with van der Waals surface area (Å²) in [6.07, 6.45) is 3.08. The van der Waals surface area contributed by atoms with Gasteiger partial charge in [0.2, 0.25) is 0 Å². The summed E-state index contributed by atoms with van der Waals surface area (Å²) in [7, 11) is 0. The third-order valence-electron chi connectivity index (χ3n) is 1.94. The van der Waals surface area contributed by atoms with E-state index in [1.807, 2.05) is 0 Å². The molecule has 1 N–H and O–H groups in total. The number of aromatic carboxylic acids is 1. The highest BCUT2D eigenvalue weighted by Crippen LogP contribution is 2.32. The zero-order valence-corrected chi connectivity index (χ0v) is 12.0. The van der Waals surface area contributed by atoms with Gasteiger partial charge in [-0.1, -0.05) is 23.4 Å². The average Bonchev–Trinajstić information content (AvgIpc) is 2.33. The predicted molar refractivity (Wildman–Crippen MR) is 72.3 cm³/mol. The van der Waals surface area contributed by atoms with Gasteiger partial charge in [-0.05, 0) is 34.1 Å². The number of carboxylic acids is 1. The normalized spacial score (nSPS) is 10.3. The summed E-state index contributed by atoms with van der Waals surface area (Å²) < 4.78 is 0.790. The Balaban J connectivity index is 2.28. The van der Waals surface area contributed by atoms with E-state index in [9.17, 15) is 4.79 Å². The Bertz CT molecular complexity index is 609. The van der Waals surface area contributed by atoms with Gasteiger partial charge in [0.15, 0.2) is 0 Å². The van der Waals surface area contributed by atoms with Crippen LogP contribution in [-0.4, -0.2) is 21.0 Å². The van der Waals surface area contributed by atoms with E-state index >= 15 is 0 Å². The third-order valence-corrected chi connectivity index (χ3v) is 3.78. The zero-order valence-electron chi connectivity index (χ0n) is 8.80. The fraction of sp³-hybridized carbons (Fsp3) is 0. The highest BCUT2D eigenvalue weighted by Gasteiger charge is 2.09. The van der Waals surface area contributed by atoms with E-state index in [0.717, 1.165) is 9.37 Å². The molecule has 0 fully saturated rings. The van der Waals surface area contributed by atoms with Crippen LogP contribution < -0.4 is 0 Å². The first-order valence-electron chi connectivity index (χ1n) is 4.74. The standard InChI is InChI=1S/C11H6BrClN2O2S/c12-6-3-8(13)10(15-5-6)18-7-1-2-14-9(4-7)11(16)17/h1-5H,(H,16,17). The average molecular weight is 346 g/mol. The van der Waals surface area contributed by atoms with Gasteiger partial charge < -0.3 is 5.11 Å². The number of carboxylic acid groups (broad SMARTS) is 1. The number of carbonyl (C=O) groups is 1. The number of hydrogen-bond donors (Lipinski definition) is 1. The van der Waals surface area contributed by atoms with Crippen LogP contribution in [0.4, 0.5) is 0 Å². The Hall–Kier alpha value is -1.11. The molecule has 2 rings (SSSR count). The largest absolute Gasteiger partial charge is 0.477 e. The minimum Gasteiger partial charge on any atom is -0.477 e. The van der Waals surface area contributed by atoms with Crippen LogP contribution in [0.2, 0.25) is 5.02 Å². The van der Waals surface area contributed by atoms with Crippen LogP contribution in [0.1, 0.15) is 10.5 Å². The molecule has 2 aromatic rings. The molecule has 4 nitrogen and oxygen atoms in total. The molecule has 18 heavy (non-hydrogen) atoms. The number of halogens is 2. The first-order valence-corrected chi connectivity index (χ1v) is 6.73. The number of aromatic nitrogens is 2. The molecule has 0 bridgehead atoms. The van der Waals surface area contributed by atoms with E-state index in [-0.39, 0.29) is 5.69 Å². The highest BCUT2D eigenvalue weighted by atomic mass is 79.9. The van der Waals surface area contributed by atoms with Crippen molar-refractivity contribution < 1.29 is 9.90 Å². The van der Waals surface area contributed by atoms with Gasteiger partial charge in [-0.3, -0.25) is 0 Å². The first kappa shape index (κ1) is 13.3. The number of pyridine rings is 2. The predicted octanol–water partition coefficient (Wildman–Crippen LogP) is 3.74. The molecule has 2 aromatic heterocycles.